The topological polar surface area (TPSA) is 26.0 Å². The van der Waals surface area contributed by atoms with Crippen molar-refractivity contribution in [3.63, 3.8) is 0 Å². The number of rotatable bonds is 2. The van der Waals surface area contributed by atoms with E-state index in [9.17, 15) is 0 Å². The minimum Gasteiger partial charge on any atom is -0.399 e. The van der Waals surface area contributed by atoms with Crippen LogP contribution in [0.15, 0.2) is 36.1 Å². The summed E-state index contributed by atoms with van der Waals surface area (Å²) >= 11 is 0. The lowest BCUT2D eigenvalue weighted by Gasteiger charge is -1.87. The SMILES string of the molecule is C=C(N)/C=C\C(C)=C/C.CC. The number of hydrogen-bond acceptors (Lipinski definition) is 1. The Labute approximate surface area is 70.3 Å². The van der Waals surface area contributed by atoms with Gasteiger partial charge in [-0.2, -0.15) is 0 Å². The molecule has 0 atom stereocenters. The van der Waals surface area contributed by atoms with Crippen molar-refractivity contribution < 1.29 is 0 Å². The van der Waals surface area contributed by atoms with Gasteiger partial charge in [0.2, 0.25) is 0 Å². The van der Waals surface area contributed by atoms with E-state index in [0.29, 0.717) is 5.70 Å². The molecule has 0 rings (SSSR count). The number of hydrogen-bond donors (Lipinski definition) is 1. The third-order valence-electron chi connectivity index (χ3n) is 1.02. The average molecular weight is 153 g/mol. The zero-order chi connectivity index (χ0) is 9.28. The third kappa shape index (κ3) is 12.3. The molecule has 0 bridgehead atoms. The molecule has 11 heavy (non-hydrogen) atoms. The van der Waals surface area contributed by atoms with Crippen LogP contribution in [0.4, 0.5) is 0 Å². The predicted molar refractivity (Wildman–Crippen MR) is 53.2 cm³/mol. The van der Waals surface area contributed by atoms with E-state index >= 15 is 0 Å². The number of nitrogens with two attached hydrogens (primary N) is 1. The summed E-state index contributed by atoms with van der Waals surface area (Å²) in [5, 5.41) is 0. The van der Waals surface area contributed by atoms with Crippen LogP contribution in [0.2, 0.25) is 0 Å². The summed E-state index contributed by atoms with van der Waals surface area (Å²) in [6.45, 7) is 11.5. The summed E-state index contributed by atoms with van der Waals surface area (Å²) in [4.78, 5) is 0. The largest absolute Gasteiger partial charge is 0.399 e. The third-order valence-corrected chi connectivity index (χ3v) is 1.02. The van der Waals surface area contributed by atoms with Gasteiger partial charge in [-0.25, -0.2) is 0 Å². The fourth-order valence-electron chi connectivity index (χ4n) is 0.335. The Balaban J connectivity index is 0. The van der Waals surface area contributed by atoms with Crippen molar-refractivity contribution in [2.75, 3.05) is 0 Å². The molecule has 0 aromatic rings. The Morgan fingerprint density at radius 2 is 1.73 bits per heavy atom. The van der Waals surface area contributed by atoms with E-state index in [4.69, 9.17) is 5.73 Å². The van der Waals surface area contributed by atoms with Crippen LogP contribution in [-0.4, -0.2) is 0 Å². The Morgan fingerprint density at radius 1 is 1.27 bits per heavy atom. The second kappa shape index (κ2) is 9.02. The molecule has 64 valence electrons. The zero-order valence-electron chi connectivity index (χ0n) is 8.02. The van der Waals surface area contributed by atoms with E-state index in [1.54, 1.807) is 6.08 Å². The fraction of sp³-hybridized carbons (Fsp3) is 0.400. The van der Waals surface area contributed by atoms with E-state index in [2.05, 4.69) is 6.58 Å². The van der Waals surface area contributed by atoms with Crippen molar-refractivity contribution in [3.8, 4) is 0 Å². The number of allylic oxidation sites excluding steroid dienone is 4. The van der Waals surface area contributed by atoms with Crippen molar-refractivity contribution in [2.24, 2.45) is 5.73 Å². The monoisotopic (exact) mass is 153 g/mol. The normalized spacial score (nSPS) is 10.7. The molecular formula is C10H19N. The highest BCUT2D eigenvalue weighted by Crippen LogP contribution is 1.94. The smallest absolute Gasteiger partial charge is 0.0241 e. The quantitative estimate of drug-likeness (QED) is 0.606. The van der Waals surface area contributed by atoms with Crippen LogP contribution < -0.4 is 5.73 Å². The van der Waals surface area contributed by atoms with Crippen molar-refractivity contribution in [3.05, 3.63) is 36.1 Å². The van der Waals surface area contributed by atoms with Gasteiger partial charge < -0.3 is 5.73 Å². The lowest BCUT2D eigenvalue weighted by molar-refractivity contribution is 1.41. The molecule has 0 amide bonds. The molecule has 0 saturated carbocycles. The second-order valence-corrected chi connectivity index (χ2v) is 1.94. The average Bonchev–Trinajstić information content (AvgIpc) is 2.04. The van der Waals surface area contributed by atoms with Crippen LogP contribution in [0.1, 0.15) is 27.7 Å². The first-order valence-electron chi connectivity index (χ1n) is 3.92. The molecule has 0 aliphatic rings. The molecule has 0 spiro atoms. The molecule has 0 aromatic carbocycles. The van der Waals surface area contributed by atoms with Gasteiger partial charge >= 0.3 is 0 Å². The minimum atomic E-state index is 0.594. The van der Waals surface area contributed by atoms with Crippen molar-refractivity contribution in [2.45, 2.75) is 27.7 Å². The first kappa shape index (κ1) is 12.7. The first-order valence-corrected chi connectivity index (χ1v) is 3.92. The molecule has 2 N–H and O–H groups in total. The van der Waals surface area contributed by atoms with Crippen LogP contribution in [0.5, 0.6) is 0 Å². The van der Waals surface area contributed by atoms with Gasteiger partial charge in [0.1, 0.15) is 0 Å². The van der Waals surface area contributed by atoms with E-state index in [-0.39, 0.29) is 0 Å². The van der Waals surface area contributed by atoms with Crippen LogP contribution >= 0.6 is 0 Å². The molecule has 0 aromatic heterocycles. The van der Waals surface area contributed by atoms with E-state index < -0.39 is 0 Å². The maximum absolute atomic E-state index is 5.29. The van der Waals surface area contributed by atoms with Crippen molar-refractivity contribution in [1.29, 1.82) is 0 Å². The molecule has 0 fully saturated rings. The van der Waals surface area contributed by atoms with Gasteiger partial charge in [0.15, 0.2) is 0 Å². The van der Waals surface area contributed by atoms with Crippen molar-refractivity contribution in [1.82, 2.24) is 0 Å². The van der Waals surface area contributed by atoms with Crippen LogP contribution in [-0.2, 0) is 0 Å². The molecule has 0 unspecified atom stereocenters. The van der Waals surface area contributed by atoms with Crippen LogP contribution in [0.3, 0.4) is 0 Å². The van der Waals surface area contributed by atoms with Gasteiger partial charge in [0, 0.05) is 5.70 Å². The van der Waals surface area contributed by atoms with E-state index in [1.807, 2.05) is 39.8 Å². The standard InChI is InChI=1S/C8H13N.C2H6/c1-4-7(2)5-6-8(3)9;1-2/h4-6H,3,9H2,1-2H3;1-2H3/b6-5-,7-4-;. The minimum absolute atomic E-state index is 0.594. The Hall–Kier alpha value is -0.980. The van der Waals surface area contributed by atoms with Crippen molar-refractivity contribution >= 4 is 0 Å². The van der Waals surface area contributed by atoms with Crippen LogP contribution in [0.25, 0.3) is 0 Å². The summed E-state index contributed by atoms with van der Waals surface area (Å²) in [6, 6.07) is 0. The van der Waals surface area contributed by atoms with Gasteiger partial charge in [-0.3, -0.25) is 0 Å². The van der Waals surface area contributed by atoms with Crippen LogP contribution in [0, 0.1) is 0 Å². The molecule has 0 radical (unpaired) electrons. The zero-order valence-corrected chi connectivity index (χ0v) is 8.02. The van der Waals surface area contributed by atoms with Gasteiger partial charge in [-0.15, -0.1) is 0 Å². The van der Waals surface area contributed by atoms with Gasteiger partial charge in [0.05, 0.1) is 0 Å². The highest BCUT2D eigenvalue weighted by atomic mass is 14.5. The molecule has 1 nitrogen and oxygen atoms in total. The summed E-state index contributed by atoms with van der Waals surface area (Å²) < 4.78 is 0. The maximum Gasteiger partial charge on any atom is 0.0241 e. The van der Waals surface area contributed by atoms with Gasteiger partial charge in [-0.1, -0.05) is 38.2 Å². The summed E-state index contributed by atoms with van der Waals surface area (Å²) in [5.41, 5.74) is 7.08. The van der Waals surface area contributed by atoms with E-state index in [0.717, 1.165) is 0 Å². The highest BCUT2D eigenvalue weighted by molar-refractivity contribution is 5.22. The fourth-order valence-corrected chi connectivity index (χ4v) is 0.335. The Kier molecular flexibility index (Phi) is 10.4. The summed E-state index contributed by atoms with van der Waals surface area (Å²) in [7, 11) is 0. The lowest BCUT2D eigenvalue weighted by atomic mass is 10.2. The molecule has 0 heterocycles. The Bertz CT molecular complexity index is 152. The van der Waals surface area contributed by atoms with Gasteiger partial charge in [-0.05, 0) is 19.9 Å². The lowest BCUT2D eigenvalue weighted by Crippen LogP contribution is -1.88. The summed E-state index contributed by atoms with van der Waals surface area (Å²) in [6.07, 6.45) is 5.73. The molecule has 0 aliphatic heterocycles. The van der Waals surface area contributed by atoms with E-state index in [1.165, 1.54) is 5.57 Å². The molecule has 0 saturated heterocycles. The second-order valence-electron chi connectivity index (χ2n) is 1.94. The summed E-state index contributed by atoms with van der Waals surface area (Å²) in [5.74, 6) is 0. The maximum atomic E-state index is 5.29. The molecule has 1 heteroatoms. The molecular weight excluding hydrogens is 134 g/mol. The first-order chi connectivity index (χ1) is 5.16. The predicted octanol–water partition coefficient (Wildman–Crippen LogP) is 3.01. The Morgan fingerprint density at radius 3 is 2.00 bits per heavy atom. The molecule has 0 aliphatic carbocycles. The highest BCUT2D eigenvalue weighted by Gasteiger charge is 1.76. The van der Waals surface area contributed by atoms with Gasteiger partial charge in [0.25, 0.3) is 0 Å².